The summed E-state index contributed by atoms with van der Waals surface area (Å²) in [4.78, 5) is 23.1. The van der Waals surface area contributed by atoms with Crippen LogP contribution in [0.2, 0.25) is 0 Å². The molecule has 2 aromatic heterocycles. The van der Waals surface area contributed by atoms with Crippen molar-refractivity contribution in [3.8, 4) is 0 Å². The van der Waals surface area contributed by atoms with Crippen LogP contribution in [0.15, 0.2) is 12.1 Å². The van der Waals surface area contributed by atoms with Crippen molar-refractivity contribution in [1.82, 2.24) is 19.7 Å². The van der Waals surface area contributed by atoms with E-state index in [4.69, 9.17) is 9.72 Å². The van der Waals surface area contributed by atoms with E-state index in [-0.39, 0.29) is 5.78 Å². The monoisotopic (exact) mass is 453 g/mol. The molecule has 3 aliphatic heterocycles. The highest BCUT2D eigenvalue weighted by atomic mass is 16.5. The van der Waals surface area contributed by atoms with Gasteiger partial charge < -0.3 is 14.5 Å². The number of Topliss-reactive ketones (excluding diaryl/α,β-unsaturated/α-hetero) is 1. The van der Waals surface area contributed by atoms with E-state index < -0.39 is 0 Å². The van der Waals surface area contributed by atoms with Crippen molar-refractivity contribution in [2.45, 2.75) is 57.8 Å². The van der Waals surface area contributed by atoms with E-state index in [1.54, 1.807) is 4.68 Å². The van der Waals surface area contributed by atoms with Crippen LogP contribution in [0.4, 0.5) is 5.82 Å². The van der Waals surface area contributed by atoms with Crippen molar-refractivity contribution >= 4 is 22.6 Å². The summed E-state index contributed by atoms with van der Waals surface area (Å²) in [6.45, 7) is 7.38. The molecule has 2 aromatic rings. The van der Waals surface area contributed by atoms with Crippen molar-refractivity contribution in [3.05, 3.63) is 17.8 Å². The Balaban J connectivity index is 1.20. The van der Waals surface area contributed by atoms with Crippen LogP contribution in [0.25, 0.3) is 11.0 Å². The fraction of sp³-hybridized carbons (Fsp3) is 0.731. The first kappa shape index (κ1) is 22.8. The van der Waals surface area contributed by atoms with Gasteiger partial charge in [0.15, 0.2) is 11.4 Å². The maximum Gasteiger partial charge on any atom is 0.184 e. The normalized spacial score (nSPS) is 22.0. The van der Waals surface area contributed by atoms with E-state index in [2.05, 4.69) is 27.0 Å². The number of hydrogen-bond acceptors (Lipinski definition) is 6. The Morgan fingerprint density at radius 1 is 0.970 bits per heavy atom. The van der Waals surface area contributed by atoms with E-state index in [9.17, 15) is 4.79 Å². The Morgan fingerprint density at radius 2 is 1.70 bits per heavy atom. The average Bonchev–Trinajstić information content (AvgIpc) is 3.00. The molecule has 0 aromatic carbocycles. The molecular weight excluding hydrogens is 414 g/mol. The summed E-state index contributed by atoms with van der Waals surface area (Å²) in [5.41, 5.74) is 1.43. The zero-order valence-electron chi connectivity index (χ0n) is 20.2. The Hall–Kier alpha value is -1.99. The Kier molecular flexibility index (Phi) is 7.26. The molecule has 3 saturated heterocycles. The molecule has 3 fully saturated rings. The van der Waals surface area contributed by atoms with Gasteiger partial charge in [0.05, 0.1) is 5.39 Å². The molecule has 0 unspecified atom stereocenters. The van der Waals surface area contributed by atoms with Crippen molar-refractivity contribution in [3.63, 3.8) is 0 Å². The number of likely N-dealkylation sites (tertiary alicyclic amines) is 1. The molecule has 0 spiro atoms. The van der Waals surface area contributed by atoms with Crippen molar-refractivity contribution in [2.24, 2.45) is 18.9 Å². The molecule has 180 valence electrons. The van der Waals surface area contributed by atoms with E-state index in [0.29, 0.717) is 18.0 Å². The molecule has 0 amide bonds. The highest BCUT2D eigenvalue weighted by Gasteiger charge is 2.26. The van der Waals surface area contributed by atoms with Crippen LogP contribution < -0.4 is 4.90 Å². The number of aryl methyl sites for hydroxylation is 1. The molecule has 0 atom stereocenters. The number of anilines is 1. The third-order valence-electron chi connectivity index (χ3n) is 7.90. The van der Waals surface area contributed by atoms with E-state index in [1.807, 2.05) is 7.05 Å². The highest BCUT2D eigenvalue weighted by Crippen LogP contribution is 2.28. The number of piperidine rings is 1. The van der Waals surface area contributed by atoms with Crippen LogP contribution in [-0.2, 0) is 11.8 Å². The second kappa shape index (κ2) is 10.5. The summed E-state index contributed by atoms with van der Waals surface area (Å²) < 4.78 is 7.29. The molecule has 33 heavy (non-hydrogen) atoms. The van der Waals surface area contributed by atoms with E-state index in [1.165, 1.54) is 45.1 Å². The number of pyridine rings is 1. The van der Waals surface area contributed by atoms with Gasteiger partial charge in [0.1, 0.15) is 11.5 Å². The molecule has 3 aliphatic rings. The van der Waals surface area contributed by atoms with Gasteiger partial charge in [0.2, 0.25) is 0 Å². The Bertz CT molecular complexity index is 936. The van der Waals surface area contributed by atoms with Gasteiger partial charge in [-0.05, 0) is 75.6 Å². The third kappa shape index (κ3) is 5.40. The predicted octanol–water partition coefficient (Wildman–Crippen LogP) is 4.06. The lowest BCUT2D eigenvalue weighted by Crippen LogP contribution is -2.38. The molecule has 5 heterocycles. The van der Waals surface area contributed by atoms with Gasteiger partial charge in [-0.3, -0.25) is 4.79 Å². The number of rotatable bonds is 6. The standard InChI is InChI=1S/C26H39N5O2/c1-29-26-22(6-7-24(27-26)31-12-4-2-3-5-13-31)25(28-29)23(32)18-20-8-14-30(15-9-20)19-21-10-16-33-17-11-21/h6-7,20-21H,2-5,8-19H2,1H3. The predicted molar refractivity (Wildman–Crippen MR) is 131 cm³/mol. The maximum atomic E-state index is 13.2. The lowest BCUT2D eigenvalue weighted by molar-refractivity contribution is 0.0462. The molecule has 0 aliphatic carbocycles. The summed E-state index contributed by atoms with van der Waals surface area (Å²) in [5.74, 6) is 2.43. The van der Waals surface area contributed by atoms with Gasteiger partial charge in [-0.15, -0.1) is 0 Å². The average molecular weight is 454 g/mol. The summed E-state index contributed by atoms with van der Waals surface area (Å²) >= 11 is 0. The largest absolute Gasteiger partial charge is 0.381 e. The molecule has 7 nitrogen and oxygen atoms in total. The Morgan fingerprint density at radius 3 is 2.42 bits per heavy atom. The minimum absolute atomic E-state index is 0.174. The van der Waals surface area contributed by atoms with Crippen LogP contribution >= 0.6 is 0 Å². The van der Waals surface area contributed by atoms with Gasteiger partial charge in [0, 0.05) is 46.3 Å². The number of nitrogens with zero attached hydrogens (tertiary/aromatic N) is 5. The van der Waals surface area contributed by atoms with E-state index in [0.717, 1.165) is 75.0 Å². The maximum absolute atomic E-state index is 13.2. The molecule has 0 saturated carbocycles. The molecule has 0 N–H and O–H groups in total. The fourth-order valence-electron chi connectivity index (χ4n) is 5.83. The molecule has 0 bridgehead atoms. The lowest BCUT2D eigenvalue weighted by Gasteiger charge is -2.35. The first-order chi connectivity index (χ1) is 16.2. The summed E-state index contributed by atoms with van der Waals surface area (Å²) in [6, 6.07) is 4.15. The van der Waals surface area contributed by atoms with Gasteiger partial charge in [-0.1, -0.05) is 12.8 Å². The second-order valence-corrected chi connectivity index (χ2v) is 10.3. The molecule has 7 heteroatoms. The molecule has 0 radical (unpaired) electrons. The minimum atomic E-state index is 0.174. The van der Waals surface area contributed by atoms with Crippen LogP contribution in [-0.4, -0.2) is 71.4 Å². The smallest absolute Gasteiger partial charge is 0.184 e. The van der Waals surface area contributed by atoms with Crippen molar-refractivity contribution in [1.29, 1.82) is 0 Å². The number of fused-ring (bicyclic) bond motifs is 1. The van der Waals surface area contributed by atoms with E-state index >= 15 is 0 Å². The van der Waals surface area contributed by atoms with Gasteiger partial charge in [-0.25, -0.2) is 9.67 Å². The zero-order valence-corrected chi connectivity index (χ0v) is 20.2. The number of carbonyl (C=O) groups excluding carboxylic acids is 1. The van der Waals surface area contributed by atoms with Crippen LogP contribution in [0, 0.1) is 11.8 Å². The number of hydrogen-bond donors (Lipinski definition) is 0. The van der Waals surface area contributed by atoms with Crippen LogP contribution in [0.1, 0.15) is 68.3 Å². The van der Waals surface area contributed by atoms with Gasteiger partial charge in [-0.2, -0.15) is 5.10 Å². The van der Waals surface area contributed by atoms with Crippen molar-refractivity contribution < 1.29 is 9.53 Å². The SMILES string of the molecule is Cn1nc(C(=O)CC2CCN(CC3CCOCC3)CC2)c2ccc(N3CCCCCC3)nc21. The number of aromatic nitrogens is 3. The first-order valence-electron chi connectivity index (χ1n) is 13.1. The zero-order chi connectivity index (χ0) is 22.6. The van der Waals surface area contributed by atoms with Gasteiger partial charge in [0.25, 0.3) is 0 Å². The lowest BCUT2D eigenvalue weighted by atomic mass is 9.89. The summed E-state index contributed by atoms with van der Waals surface area (Å²) in [5, 5.41) is 5.52. The quantitative estimate of drug-likeness (QED) is 0.615. The first-order valence-corrected chi connectivity index (χ1v) is 13.1. The number of ketones is 1. The highest BCUT2D eigenvalue weighted by molar-refractivity contribution is 6.05. The summed E-state index contributed by atoms with van der Waals surface area (Å²) in [7, 11) is 1.91. The number of carbonyl (C=O) groups is 1. The second-order valence-electron chi connectivity index (χ2n) is 10.3. The summed E-state index contributed by atoms with van der Waals surface area (Å²) in [6.07, 6.45) is 10.3. The molecular formula is C26H39N5O2. The van der Waals surface area contributed by atoms with Gasteiger partial charge >= 0.3 is 0 Å². The fourth-order valence-corrected chi connectivity index (χ4v) is 5.83. The van der Waals surface area contributed by atoms with Crippen molar-refractivity contribution in [2.75, 3.05) is 50.8 Å². The minimum Gasteiger partial charge on any atom is -0.381 e. The van der Waals surface area contributed by atoms with Crippen LogP contribution in [0.3, 0.4) is 0 Å². The topological polar surface area (TPSA) is 63.5 Å². The third-order valence-corrected chi connectivity index (χ3v) is 7.90. The Labute approximate surface area is 197 Å². The number of ether oxygens (including phenoxy) is 1. The molecule has 5 rings (SSSR count). The van der Waals surface area contributed by atoms with Crippen LogP contribution in [0.5, 0.6) is 0 Å².